The molecule has 2 heterocycles. The molecule has 9 heteroatoms. The normalized spacial score (nSPS) is 20.4. The highest BCUT2D eigenvalue weighted by Gasteiger charge is 2.44. The maximum atomic E-state index is 12.7. The molecule has 2 aromatic carbocycles. The van der Waals surface area contributed by atoms with Gasteiger partial charge in [-0.25, -0.2) is 4.79 Å². The second-order valence-electron chi connectivity index (χ2n) is 8.77. The lowest BCUT2D eigenvalue weighted by molar-refractivity contribution is 0.120. The van der Waals surface area contributed by atoms with Crippen molar-refractivity contribution in [2.45, 2.75) is 44.5 Å². The second-order valence-corrected chi connectivity index (χ2v) is 9.16. The monoisotopic (exact) mass is 499 g/mol. The van der Waals surface area contributed by atoms with E-state index in [0.717, 1.165) is 37.1 Å². The van der Waals surface area contributed by atoms with Gasteiger partial charge in [-0.15, -0.1) is 0 Å². The molecule has 0 aromatic heterocycles. The molecule has 0 aliphatic carbocycles. The molecule has 2 saturated heterocycles. The van der Waals surface area contributed by atoms with E-state index in [0.29, 0.717) is 28.9 Å². The quantitative estimate of drug-likeness (QED) is 0.570. The lowest BCUT2D eigenvalue weighted by atomic mass is 9.98. The average Bonchev–Trinajstić information content (AvgIpc) is 3.20. The van der Waals surface area contributed by atoms with Gasteiger partial charge in [0.2, 0.25) is 5.75 Å². The Morgan fingerprint density at radius 2 is 1.69 bits per heavy atom. The number of thiocarbonyl (C=S) groups is 1. The molecule has 2 aliphatic heterocycles. The molecule has 0 spiro atoms. The van der Waals surface area contributed by atoms with Gasteiger partial charge in [-0.3, -0.25) is 4.90 Å². The van der Waals surface area contributed by atoms with E-state index in [2.05, 4.69) is 17.1 Å². The number of cyclic esters (lactones) is 1. The minimum atomic E-state index is -0.233. The first-order valence-electron chi connectivity index (χ1n) is 11.8. The van der Waals surface area contributed by atoms with E-state index in [1.165, 1.54) is 0 Å². The number of hydrogen-bond donors (Lipinski definition) is 1. The molecule has 0 radical (unpaired) electrons. The smallest absolute Gasteiger partial charge is 0.411 e. The summed E-state index contributed by atoms with van der Waals surface area (Å²) in [6, 6.07) is 13.9. The highest BCUT2D eigenvalue weighted by Crippen LogP contribution is 2.38. The van der Waals surface area contributed by atoms with Gasteiger partial charge in [0.15, 0.2) is 16.6 Å². The van der Waals surface area contributed by atoms with Crippen LogP contribution in [0.2, 0.25) is 0 Å². The van der Waals surface area contributed by atoms with Crippen LogP contribution < -0.4 is 19.5 Å². The van der Waals surface area contributed by atoms with Crippen LogP contribution in [0.4, 0.5) is 4.79 Å². The van der Waals surface area contributed by atoms with Crippen molar-refractivity contribution in [2.24, 2.45) is 0 Å². The zero-order valence-corrected chi connectivity index (χ0v) is 21.5. The van der Waals surface area contributed by atoms with E-state index in [4.69, 9.17) is 31.2 Å². The summed E-state index contributed by atoms with van der Waals surface area (Å²) < 4.78 is 22.0. The zero-order valence-electron chi connectivity index (χ0n) is 20.7. The third kappa shape index (κ3) is 5.24. The highest BCUT2D eigenvalue weighted by molar-refractivity contribution is 7.80. The average molecular weight is 500 g/mol. The van der Waals surface area contributed by atoms with E-state index >= 15 is 0 Å². The summed E-state index contributed by atoms with van der Waals surface area (Å²) in [6.45, 7) is 4.15. The van der Waals surface area contributed by atoms with Gasteiger partial charge in [-0.2, -0.15) is 0 Å². The molecule has 0 saturated carbocycles. The van der Waals surface area contributed by atoms with Crippen LogP contribution in [0.1, 0.15) is 37.0 Å². The van der Waals surface area contributed by atoms with Crippen molar-refractivity contribution < 1.29 is 23.7 Å². The molecule has 0 bridgehead atoms. The number of carbonyl (C=O) groups excluding carboxylic acids is 1. The number of ether oxygens (including phenoxy) is 4. The Bertz CT molecular complexity index is 1020. The number of nitrogens with zero attached hydrogens (tertiary/aromatic N) is 2. The van der Waals surface area contributed by atoms with Crippen LogP contribution in [0.3, 0.4) is 0 Å². The number of rotatable bonds is 7. The predicted octanol–water partition coefficient (Wildman–Crippen LogP) is 4.13. The minimum Gasteiger partial charge on any atom is -0.493 e. The number of benzene rings is 2. The summed E-state index contributed by atoms with van der Waals surface area (Å²) in [7, 11) is 4.78. The van der Waals surface area contributed by atoms with Crippen molar-refractivity contribution >= 4 is 23.4 Å². The van der Waals surface area contributed by atoms with Gasteiger partial charge < -0.3 is 29.2 Å². The van der Waals surface area contributed by atoms with Gasteiger partial charge in [-0.05, 0) is 55.2 Å². The van der Waals surface area contributed by atoms with Crippen molar-refractivity contribution in [3.63, 3.8) is 0 Å². The molecule has 2 unspecified atom stereocenters. The largest absolute Gasteiger partial charge is 0.493 e. The van der Waals surface area contributed by atoms with Gasteiger partial charge in [0.25, 0.3) is 0 Å². The SMILES string of the molecule is COc1cc(CNC(=S)N2CCC(N3C(=O)OC(c4ccccc4)C3C)CC2)cc(OC)c1OC. The Morgan fingerprint density at radius 3 is 2.26 bits per heavy atom. The topological polar surface area (TPSA) is 72.5 Å². The number of piperidine rings is 1. The summed E-state index contributed by atoms with van der Waals surface area (Å²) in [5.41, 5.74) is 2.00. The van der Waals surface area contributed by atoms with E-state index in [-0.39, 0.29) is 24.3 Å². The van der Waals surface area contributed by atoms with Gasteiger partial charge in [0.05, 0.1) is 27.4 Å². The van der Waals surface area contributed by atoms with Gasteiger partial charge in [0.1, 0.15) is 6.10 Å². The first-order chi connectivity index (χ1) is 17.0. The molecule has 2 fully saturated rings. The number of methoxy groups -OCH3 is 3. The maximum absolute atomic E-state index is 12.7. The Hall–Kier alpha value is -3.20. The third-order valence-electron chi connectivity index (χ3n) is 6.76. The van der Waals surface area contributed by atoms with Crippen LogP contribution in [0.5, 0.6) is 17.2 Å². The lowest BCUT2D eigenvalue weighted by Gasteiger charge is -2.38. The van der Waals surface area contributed by atoms with Gasteiger partial charge >= 0.3 is 6.09 Å². The number of hydrogen-bond acceptors (Lipinski definition) is 6. The van der Waals surface area contributed by atoms with Crippen LogP contribution in [-0.4, -0.2) is 67.5 Å². The number of likely N-dealkylation sites (tertiary alicyclic amines) is 1. The molecule has 8 nitrogen and oxygen atoms in total. The van der Waals surface area contributed by atoms with Crippen LogP contribution in [-0.2, 0) is 11.3 Å². The standard InChI is InChI=1S/C26H33N3O5S/c1-17-23(19-8-6-5-7-9-19)34-26(30)29(17)20-10-12-28(13-11-20)25(35)27-16-18-14-21(31-2)24(33-4)22(15-18)32-3/h5-9,14-15,17,20,23H,10-13,16H2,1-4H3,(H,27,35). The summed E-state index contributed by atoms with van der Waals surface area (Å²) >= 11 is 5.67. The number of amides is 1. The lowest BCUT2D eigenvalue weighted by Crippen LogP contribution is -2.51. The molecule has 35 heavy (non-hydrogen) atoms. The van der Waals surface area contributed by atoms with Gasteiger partial charge in [0, 0.05) is 25.7 Å². The van der Waals surface area contributed by atoms with Crippen LogP contribution >= 0.6 is 12.2 Å². The van der Waals surface area contributed by atoms with Crippen molar-refractivity contribution in [3.05, 3.63) is 53.6 Å². The molecule has 2 aromatic rings. The summed E-state index contributed by atoms with van der Waals surface area (Å²) in [6.07, 6.45) is 1.22. The van der Waals surface area contributed by atoms with E-state index in [9.17, 15) is 4.79 Å². The van der Waals surface area contributed by atoms with E-state index < -0.39 is 0 Å². The fourth-order valence-electron chi connectivity index (χ4n) is 4.93. The Morgan fingerprint density at radius 1 is 1.06 bits per heavy atom. The van der Waals surface area contributed by atoms with Crippen molar-refractivity contribution in [3.8, 4) is 17.2 Å². The molecular formula is C26H33N3O5S. The molecule has 1 amide bonds. The molecule has 2 aliphatic rings. The highest BCUT2D eigenvalue weighted by atomic mass is 32.1. The van der Waals surface area contributed by atoms with Crippen LogP contribution in [0, 0.1) is 0 Å². The maximum Gasteiger partial charge on any atom is 0.411 e. The van der Waals surface area contributed by atoms with E-state index in [1.54, 1.807) is 21.3 Å². The first-order valence-corrected chi connectivity index (χ1v) is 12.2. The zero-order chi connectivity index (χ0) is 24.9. The predicted molar refractivity (Wildman–Crippen MR) is 137 cm³/mol. The van der Waals surface area contributed by atoms with Gasteiger partial charge in [-0.1, -0.05) is 30.3 Å². The van der Waals surface area contributed by atoms with Crippen molar-refractivity contribution in [1.29, 1.82) is 0 Å². The molecule has 188 valence electrons. The third-order valence-corrected chi connectivity index (χ3v) is 7.16. The Balaban J connectivity index is 1.32. The number of nitrogens with one attached hydrogen (secondary N) is 1. The fourth-order valence-corrected chi connectivity index (χ4v) is 5.18. The second kappa shape index (κ2) is 11.0. The summed E-state index contributed by atoms with van der Waals surface area (Å²) in [5.74, 6) is 1.78. The van der Waals surface area contributed by atoms with Crippen LogP contribution in [0.25, 0.3) is 0 Å². The van der Waals surface area contributed by atoms with Crippen LogP contribution in [0.15, 0.2) is 42.5 Å². The minimum absolute atomic E-state index is 0.00782. The molecule has 2 atom stereocenters. The Kier molecular flexibility index (Phi) is 7.85. The van der Waals surface area contributed by atoms with Crippen molar-refractivity contribution in [1.82, 2.24) is 15.1 Å². The Labute approximate surface area is 212 Å². The first kappa shape index (κ1) is 24.9. The summed E-state index contributed by atoms with van der Waals surface area (Å²) in [4.78, 5) is 16.8. The van der Waals surface area contributed by atoms with Crippen molar-refractivity contribution in [2.75, 3.05) is 34.4 Å². The molecular weight excluding hydrogens is 466 g/mol. The summed E-state index contributed by atoms with van der Waals surface area (Å²) in [5, 5.41) is 4.03. The number of carbonyl (C=O) groups is 1. The molecule has 1 N–H and O–H groups in total. The van der Waals surface area contributed by atoms with E-state index in [1.807, 2.05) is 47.4 Å². The fraction of sp³-hybridized carbons (Fsp3) is 0.462. The molecule has 4 rings (SSSR count).